The Balaban J connectivity index is 1.56. The van der Waals surface area contributed by atoms with Crippen LogP contribution in [-0.4, -0.2) is 6.04 Å². The van der Waals surface area contributed by atoms with Gasteiger partial charge in [-0.05, 0) is 61.4 Å². The van der Waals surface area contributed by atoms with Gasteiger partial charge in [-0.3, -0.25) is 0 Å². The fourth-order valence-corrected chi connectivity index (χ4v) is 3.50. The summed E-state index contributed by atoms with van der Waals surface area (Å²) in [4.78, 5) is 0. The van der Waals surface area contributed by atoms with E-state index >= 15 is 0 Å². The summed E-state index contributed by atoms with van der Waals surface area (Å²) in [5.41, 5.74) is 4.15. The van der Waals surface area contributed by atoms with Crippen molar-refractivity contribution in [1.82, 2.24) is 5.32 Å². The van der Waals surface area contributed by atoms with E-state index in [1.807, 2.05) is 12.1 Å². The first-order valence-corrected chi connectivity index (χ1v) is 8.08. The minimum atomic E-state index is 0.413. The van der Waals surface area contributed by atoms with E-state index in [9.17, 15) is 0 Å². The van der Waals surface area contributed by atoms with Gasteiger partial charge in [-0.2, -0.15) is 0 Å². The number of nitrogens with one attached hydrogen (secondary N) is 1. The molecule has 0 bridgehead atoms. The Hall–Kier alpha value is -1.31. The van der Waals surface area contributed by atoms with Crippen LogP contribution in [-0.2, 0) is 0 Å². The Bertz CT molecular complexity index is 616. The highest BCUT2D eigenvalue weighted by molar-refractivity contribution is 6.30. The van der Waals surface area contributed by atoms with Crippen LogP contribution >= 0.6 is 11.6 Å². The molecule has 3 rings (SSSR count). The zero-order valence-electron chi connectivity index (χ0n) is 12.6. The van der Waals surface area contributed by atoms with Crippen molar-refractivity contribution in [1.29, 1.82) is 0 Å². The largest absolute Gasteiger partial charge is 0.307 e. The molecule has 0 heterocycles. The van der Waals surface area contributed by atoms with Crippen molar-refractivity contribution in [3.63, 3.8) is 0 Å². The molecule has 1 N–H and O–H groups in total. The van der Waals surface area contributed by atoms with Gasteiger partial charge in [0.1, 0.15) is 0 Å². The third-order valence-corrected chi connectivity index (χ3v) is 4.83. The van der Waals surface area contributed by atoms with Crippen LogP contribution in [0.2, 0.25) is 5.02 Å². The van der Waals surface area contributed by atoms with E-state index in [1.165, 1.54) is 29.5 Å². The third-order valence-electron chi connectivity index (χ3n) is 4.60. The maximum absolute atomic E-state index is 6.07. The molecule has 0 spiro atoms. The van der Waals surface area contributed by atoms with Crippen LogP contribution in [0.15, 0.2) is 48.5 Å². The average molecular weight is 300 g/mol. The van der Waals surface area contributed by atoms with Crippen molar-refractivity contribution in [2.24, 2.45) is 0 Å². The second-order valence-corrected chi connectivity index (χ2v) is 6.60. The Morgan fingerprint density at radius 2 is 1.86 bits per heavy atom. The minimum Gasteiger partial charge on any atom is -0.307 e. The molecule has 2 aromatic rings. The smallest absolute Gasteiger partial charge is 0.0408 e. The van der Waals surface area contributed by atoms with E-state index < -0.39 is 0 Å². The summed E-state index contributed by atoms with van der Waals surface area (Å²) >= 11 is 6.07. The van der Waals surface area contributed by atoms with Crippen molar-refractivity contribution >= 4 is 11.6 Å². The highest BCUT2D eigenvalue weighted by Gasteiger charge is 2.31. The Labute approximate surface area is 132 Å². The van der Waals surface area contributed by atoms with Crippen LogP contribution in [0.1, 0.15) is 48.4 Å². The summed E-state index contributed by atoms with van der Waals surface area (Å²) in [6.07, 6.45) is 2.41. The zero-order chi connectivity index (χ0) is 14.8. The van der Waals surface area contributed by atoms with Crippen molar-refractivity contribution in [2.75, 3.05) is 0 Å². The van der Waals surface area contributed by atoms with Crippen LogP contribution < -0.4 is 5.32 Å². The Kier molecular flexibility index (Phi) is 4.32. The maximum Gasteiger partial charge on any atom is 0.0408 e. The lowest BCUT2D eigenvalue weighted by Crippen LogP contribution is -2.41. The van der Waals surface area contributed by atoms with Gasteiger partial charge in [0.25, 0.3) is 0 Å². The lowest BCUT2D eigenvalue weighted by molar-refractivity contribution is 0.270. The molecule has 0 aliphatic heterocycles. The summed E-state index contributed by atoms with van der Waals surface area (Å²) in [7, 11) is 0. The van der Waals surface area contributed by atoms with E-state index in [-0.39, 0.29) is 0 Å². The molecule has 2 aromatic carbocycles. The lowest BCUT2D eigenvalue weighted by Gasteiger charge is -2.38. The number of hydrogen-bond donors (Lipinski definition) is 1. The van der Waals surface area contributed by atoms with Crippen LogP contribution in [0.3, 0.4) is 0 Å². The zero-order valence-corrected chi connectivity index (χ0v) is 13.4. The van der Waals surface area contributed by atoms with Crippen LogP contribution in [0.25, 0.3) is 0 Å². The molecule has 0 amide bonds. The molecular weight excluding hydrogens is 278 g/mol. The fraction of sp³-hybridized carbons (Fsp3) is 0.368. The molecule has 1 atom stereocenters. The molecule has 0 unspecified atom stereocenters. The van der Waals surface area contributed by atoms with E-state index in [0.29, 0.717) is 18.0 Å². The molecule has 21 heavy (non-hydrogen) atoms. The first kappa shape index (κ1) is 14.6. The highest BCUT2D eigenvalue weighted by atomic mass is 35.5. The monoisotopic (exact) mass is 299 g/mol. The molecule has 1 aliphatic carbocycles. The maximum atomic E-state index is 6.07. The van der Waals surface area contributed by atoms with E-state index in [0.717, 1.165) is 5.02 Å². The van der Waals surface area contributed by atoms with Gasteiger partial charge >= 0.3 is 0 Å². The van der Waals surface area contributed by atoms with Gasteiger partial charge in [0.15, 0.2) is 0 Å². The fourth-order valence-electron chi connectivity index (χ4n) is 3.30. The van der Waals surface area contributed by atoms with E-state index in [2.05, 4.69) is 55.6 Å². The predicted octanol–water partition coefficient (Wildman–Crippen LogP) is 5.25. The van der Waals surface area contributed by atoms with Crippen molar-refractivity contribution in [3.05, 3.63) is 70.2 Å². The lowest BCUT2D eigenvalue weighted by atomic mass is 9.75. The summed E-state index contributed by atoms with van der Waals surface area (Å²) in [6, 6.07) is 17.9. The quantitative estimate of drug-likeness (QED) is 0.813. The summed E-state index contributed by atoms with van der Waals surface area (Å²) in [5, 5.41) is 4.60. The topological polar surface area (TPSA) is 12.0 Å². The highest BCUT2D eigenvalue weighted by Crippen LogP contribution is 2.38. The van der Waals surface area contributed by atoms with Gasteiger partial charge in [-0.1, -0.05) is 48.0 Å². The molecule has 1 nitrogen and oxygen atoms in total. The molecule has 0 saturated heterocycles. The normalized spacial score (nSPS) is 22.6. The molecular formula is C19H22ClN. The van der Waals surface area contributed by atoms with Crippen LogP contribution in [0.4, 0.5) is 0 Å². The summed E-state index contributed by atoms with van der Waals surface area (Å²) in [5.74, 6) is 0.658. The number of halogens is 1. The Morgan fingerprint density at radius 3 is 2.57 bits per heavy atom. The first-order valence-electron chi connectivity index (χ1n) is 7.70. The van der Waals surface area contributed by atoms with Gasteiger partial charge in [-0.25, -0.2) is 0 Å². The van der Waals surface area contributed by atoms with Gasteiger partial charge < -0.3 is 5.32 Å². The predicted molar refractivity (Wildman–Crippen MR) is 89.9 cm³/mol. The van der Waals surface area contributed by atoms with Crippen molar-refractivity contribution in [2.45, 2.75) is 44.7 Å². The van der Waals surface area contributed by atoms with Crippen LogP contribution in [0.5, 0.6) is 0 Å². The van der Waals surface area contributed by atoms with E-state index in [1.54, 1.807) is 0 Å². The number of hydrogen-bond acceptors (Lipinski definition) is 1. The molecule has 1 fully saturated rings. The first-order chi connectivity index (χ1) is 10.1. The SMILES string of the molecule is Cc1ccccc1[C@H](C)NC1CC(c2cccc(Cl)c2)C1. The Morgan fingerprint density at radius 1 is 1.10 bits per heavy atom. The standard InChI is InChI=1S/C19H22ClN/c1-13-6-3-4-9-19(13)14(2)21-18-11-16(12-18)15-7-5-8-17(20)10-15/h3-10,14,16,18,21H,11-12H2,1-2H3/t14-,16?,18?/m0/s1. The van der Waals surface area contributed by atoms with Crippen molar-refractivity contribution in [3.8, 4) is 0 Å². The molecule has 2 heteroatoms. The second kappa shape index (κ2) is 6.21. The average Bonchev–Trinajstić information content (AvgIpc) is 2.42. The molecule has 110 valence electrons. The molecule has 1 saturated carbocycles. The van der Waals surface area contributed by atoms with Crippen molar-refractivity contribution < 1.29 is 0 Å². The minimum absolute atomic E-state index is 0.413. The third kappa shape index (κ3) is 3.30. The van der Waals surface area contributed by atoms with Gasteiger partial charge in [-0.15, -0.1) is 0 Å². The molecule has 0 aromatic heterocycles. The summed E-state index contributed by atoms with van der Waals surface area (Å²) < 4.78 is 0. The van der Waals surface area contributed by atoms with Gasteiger partial charge in [0.05, 0.1) is 0 Å². The molecule has 0 radical (unpaired) electrons. The molecule has 1 aliphatic rings. The van der Waals surface area contributed by atoms with Gasteiger partial charge in [0, 0.05) is 17.1 Å². The van der Waals surface area contributed by atoms with Crippen LogP contribution in [0, 0.1) is 6.92 Å². The van der Waals surface area contributed by atoms with Gasteiger partial charge in [0.2, 0.25) is 0 Å². The van der Waals surface area contributed by atoms with E-state index in [4.69, 9.17) is 11.6 Å². The second-order valence-electron chi connectivity index (χ2n) is 6.17. The number of rotatable bonds is 4. The number of benzene rings is 2. The number of aryl methyl sites for hydroxylation is 1. The summed E-state index contributed by atoms with van der Waals surface area (Å²) in [6.45, 7) is 4.44.